The molecule has 2 N–H and O–H groups in total. The van der Waals surface area contributed by atoms with Crippen LogP contribution < -0.4 is 15.0 Å². The summed E-state index contributed by atoms with van der Waals surface area (Å²) in [6.45, 7) is 2.75. The fourth-order valence-electron chi connectivity index (χ4n) is 1.44. The highest BCUT2D eigenvalue weighted by molar-refractivity contribution is 5.90. The van der Waals surface area contributed by atoms with Gasteiger partial charge in [-0.15, -0.1) is 0 Å². The van der Waals surface area contributed by atoms with Gasteiger partial charge in [-0.3, -0.25) is 10.0 Å². The molecular formula is C14H19NO4. The smallest absolute Gasteiger partial charge is 0.267 e. The van der Waals surface area contributed by atoms with Crippen LogP contribution in [0.3, 0.4) is 0 Å². The molecule has 0 fully saturated rings. The SMILES string of the molecule is CCCCOc1ccc(/C=C/C(=O)NO)cc1OC. The van der Waals surface area contributed by atoms with Crippen molar-refractivity contribution in [2.45, 2.75) is 19.8 Å². The van der Waals surface area contributed by atoms with Crippen LogP contribution in [0.4, 0.5) is 0 Å². The summed E-state index contributed by atoms with van der Waals surface area (Å²) in [4.78, 5) is 10.9. The molecule has 104 valence electrons. The van der Waals surface area contributed by atoms with Crippen molar-refractivity contribution in [2.24, 2.45) is 0 Å². The summed E-state index contributed by atoms with van der Waals surface area (Å²) in [5.74, 6) is 0.713. The fraction of sp³-hybridized carbons (Fsp3) is 0.357. The van der Waals surface area contributed by atoms with Gasteiger partial charge in [0.25, 0.3) is 5.91 Å². The molecule has 0 aliphatic rings. The van der Waals surface area contributed by atoms with Crippen LogP contribution in [0.15, 0.2) is 24.3 Å². The number of ether oxygens (including phenoxy) is 2. The first-order valence-electron chi connectivity index (χ1n) is 6.14. The Morgan fingerprint density at radius 2 is 2.21 bits per heavy atom. The quantitative estimate of drug-likeness (QED) is 0.344. The number of unbranched alkanes of at least 4 members (excludes halogenated alkanes) is 1. The van der Waals surface area contributed by atoms with Gasteiger partial charge in [0.2, 0.25) is 0 Å². The minimum absolute atomic E-state index is 0.581. The number of amides is 1. The summed E-state index contributed by atoms with van der Waals surface area (Å²) in [5, 5.41) is 8.38. The molecule has 5 nitrogen and oxygen atoms in total. The van der Waals surface area contributed by atoms with Crippen molar-refractivity contribution in [1.82, 2.24) is 5.48 Å². The number of hydrogen-bond donors (Lipinski definition) is 2. The molecule has 0 saturated carbocycles. The third-order valence-corrected chi connectivity index (χ3v) is 2.48. The lowest BCUT2D eigenvalue weighted by molar-refractivity contribution is -0.124. The zero-order valence-electron chi connectivity index (χ0n) is 11.2. The Morgan fingerprint density at radius 1 is 1.42 bits per heavy atom. The zero-order chi connectivity index (χ0) is 14.1. The normalized spacial score (nSPS) is 10.5. The second-order valence-corrected chi connectivity index (χ2v) is 3.92. The number of hydrogen-bond acceptors (Lipinski definition) is 4. The maximum Gasteiger partial charge on any atom is 0.267 e. The first kappa shape index (κ1) is 15.0. The molecule has 19 heavy (non-hydrogen) atoms. The largest absolute Gasteiger partial charge is 0.493 e. The number of carbonyl (C=O) groups is 1. The van der Waals surface area contributed by atoms with Gasteiger partial charge in [0.15, 0.2) is 11.5 Å². The van der Waals surface area contributed by atoms with E-state index in [1.165, 1.54) is 11.6 Å². The molecule has 5 heteroatoms. The molecule has 0 atom stereocenters. The van der Waals surface area contributed by atoms with E-state index in [0.29, 0.717) is 18.1 Å². The summed E-state index contributed by atoms with van der Waals surface area (Å²) in [6, 6.07) is 5.37. The van der Waals surface area contributed by atoms with Crippen molar-refractivity contribution in [1.29, 1.82) is 0 Å². The monoisotopic (exact) mass is 265 g/mol. The number of hydroxylamine groups is 1. The van der Waals surface area contributed by atoms with Crippen LogP contribution >= 0.6 is 0 Å². The van der Waals surface area contributed by atoms with Crippen molar-refractivity contribution in [2.75, 3.05) is 13.7 Å². The van der Waals surface area contributed by atoms with Gasteiger partial charge >= 0.3 is 0 Å². The standard InChI is InChI=1S/C14H19NO4/c1-3-4-9-19-12-7-5-11(10-13(12)18-2)6-8-14(16)15-17/h5-8,10,17H,3-4,9H2,1-2H3,(H,15,16)/b8-6+. The van der Waals surface area contributed by atoms with Gasteiger partial charge in [0.1, 0.15) is 0 Å². The topological polar surface area (TPSA) is 67.8 Å². The highest BCUT2D eigenvalue weighted by Gasteiger charge is 2.04. The Hall–Kier alpha value is -2.01. The lowest BCUT2D eigenvalue weighted by atomic mass is 10.2. The first-order chi connectivity index (χ1) is 9.21. The van der Waals surface area contributed by atoms with E-state index in [-0.39, 0.29) is 0 Å². The van der Waals surface area contributed by atoms with Gasteiger partial charge < -0.3 is 9.47 Å². The average molecular weight is 265 g/mol. The van der Waals surface area contributed by atoms with Gasteiger partial charge in [0, 0.05) is 6.08 Å². The van der Waals surface area contributed by atoms with E-state index in [2.05, 4.69) is 6.92 Å². The highest BCUT2D eigenvalue weighted by atomic mass is 16.5. The van der Waals surface area contributed by atoms with Crippen LogP contribution in [0, 0.1) is 0 Å². The molecule has 0 spiro atoms. The maximum absolute atomic E-state index is 10.9. The lowest BCUT2D eigenvalue weighted by Crippen LogP contribution is -2.14. The molecule has 0 aliphatic carbocycles. The van der Waals surface area contributed by atoms with Gasteiger partial charge in [-0.05, 0) is 30.2 Å². The number of benzene rings is 1. The van der Waals surface area contributed by atoms with E-state index in [0.717, 1.165) is 18.4 Å². The van der Waals surface area contributed by atoms with Crippen LogP contribution in [-0.2, 0) is 4.79 Å². The zero-order valence-corrected chi connectivity index (χ0v) is 11.2. The molecule has 0 aliphatic heterocycles. The molecule has 0 aromatic heterocycles. The summed E-state index contributed by atoms with van der Waals surface area (Å²) in [6.07, 6.45) is 4.86. The first-order valence-corrected chi connectivity index (χ1v) is 6.14. The van der Waals surface area contributed by atoms with Crippen LogP contribution in [-0.4, -0.2) is 24.8 Å². The van der Waals surface area contributed by atoms with Crippen LogP contribution in [0.5, 0.6) is 11.5 Å². The van der Waals surface area contributed by atoms with Crippen molar-refractivity contribution >= 4 is 12.0 Å². The molecule has 1 rings (SSSR count). The van der Waals surface area contributed by atoms with Crippen molar-refractivity contribution in [3.8, 4) is 11.5 Å². The number of carbonyl (C=O) groups excluding carboxylic acids is 1. The van der Waals surface area contributed by atoms with Crippen molar-refractivity contribution in [3.63, 3.8) is 0 Å². The van der Waals surface area contributed by atoms with Gasteiger partial charge in [-0.2, -0.15) is 0 Å². The summed E-state index contributed by atoms with van der Waals surface area (Å²) in [5.41, 5.74) is 2.31. The van der Waals surface area contributed by atoms with Gasteiger partial charge in [-0.25, -0.2) is 5.48 Å². The molecule has 0 unspecified atom stereocenters. The molecule has 0 saturated heterocycles. The summed E-state index contributed by atoms with van der Waals surface area (Å²) < 4.78 is 10.8. The van der Waals surface area contributed by atoms with Crippen molar-refractivity contribution in [3.05, 3.63) is 29.8 Å². The Bertz CT molecular complexity index is 443. The summed E-state index contributed by atoms with van der Waals surface area (Å²) >= 11 is 0. The average Bonchev–Trinajstić information content (AvgIpc) is 2.45. The van der Waals surface area contributed by atoms with Crippen LogP contribution in [0.25, 0.3) is 6.08 Å². The predicted octanol–water partition coefficient (Wildman–Crippen LogP) is 2.39. The third kappa shape index (κ3) is 5.01. The third-order valence-electron chi connectivity index (χ3n) is 2.48. The van der Waals surface area contributed by atoms with Crippen LogP contribution in [0.1, 0.15) is 25.3 Å². The second-order valence-electron chi connectivity index (χ2n) is 3.92. The van der Waals surface area contributed by atoms with E-state index >= 15 is 0 Å². The predicted molar refractivity (Wildman–Crippen MR) is 72.4 cm³/mol. The highest BCUT2D eigenvalue weighted by Crippen LogP contribution is 2.28. The Kier molecular flexibility index (Phi) is 6.46. The van der Waals surface area contributed by atoms with Crippen LogP contribution in [0.2, 0.25) is 0 Å². The van der Waals surface area contributed by atoms with E-state index < -0.39 is 5.91 Å². The molecule has 0 heterocycles. The number of methoxy groups -OCH3 is 1. The minimum atomic E-state index is -0.581. The van der Waals surface area contributed by atoms with E-state index in [9.17, 15) is 4.79 Å². The number of rotatable bonds is 7. The van der Waals surface area contributed by atoms with Crippen molar-refractivity contribution < 1.29 is 19.5 Å². The van der Waals surface area contributed by atoms with E-state index in [4.69, 9.17) is 14.7 Å². The lowest BCUT2D eigenvalue weighted by Gasteiger charge is -2.10. The molecule has 1 aromatic rings. The second kappa shape index (κ2) is 8.16. The Balaban J connectivity index is 2.77. The maximum atomic E-state index is 10.9. The Labute approximate surface area is 112 Å². The van der Waals surface area contributed by atoms with Gasteiger partial charge in [0.05, 0.1) is 13.7 Å². The van der Waals surface area contributed by atoms with E-state index in [1.807, 2.05) is 6.07 Å². The van der Waals surface area contributed by atoms with Gasteiger partial charge in [-0.1, -0.05) is 19.4 Å². The molecule has 1 amide bonds. The Morgan fingerprint density at radius 3 is 2.84 bits per heavy atom. The fourth-order valence-corrected chi connectivity index (χ4v) is 1.44. The number of nitrogens with one attached hydrogen (secondary N) is 1. The summed E-state index contributed by atoms with van der Waals surface area (Å²) in [7, 11) is 1.57. The molecule has 1 aromatic carbocycles. The molecule has 0 bridgehead atoms. The molecule has 0 radical (unpaired) electrons. The molecular weight excluding hydrogens is 246 g/mol. The van der Waals surface area contributed by atoms with E-state index in [1.54, 1.807) is 25.3 Å². The minimum Gasteiger partial charge on any atom is -0.493 e.